The Morgan fingerprint density at radius 1 is 1.48 bits per heavy atom. The highest BCUT2D eigenvalue weighted by molar-refractivity contribution is 7.89. The van der Waals surface area contributed by atoms with Gasteiger partial charge >= 0.3 is 0 Å². The molecule has 2 rings (SSSR count). The van der Waals surface area contributed by atoms with Crippen LogP contribution in [0.3, 0.4) is 0 Å². The van der Waals surface area contributed by atoms with Crippen molar-refractivity contribution in [1.82, 2.24) is 14.7 Å². The number of nitrogens with two attached hydrogens (primary N) is 1. The van der Waals surface area contributed by atoms with Gasteiger partial charge in [-0.05, 0) is 26.0 Å². The third kappa shape index (κ3) is 3.62. The van der Waals surface area contributed by atoms with Gasteiger partial charge in [-0.1, -0.05) is 12.2 Å². The Kier molecular flexibility index (Phi) is 4.67. The van der Waals surface area contributed by atoms with E-state index >= 15 is 0 Å². The summed E-state index contributed by atoms with van der Waals surface area (Å²) in [5.74, 6) is 0. The molecule has 0 amide bonds. The molecular formula is C12H14N4O2S3. The lowest BCUT2D eigenvalue weighted by molar-refractivity contribution is 0.565. The molecule has 0 aliphatic rings. The summed E-state index contributed by atoms with van der Waals surface area (Å²) >= 11 is 6.28. The first-order chi connectivity index (χ1) is 9.81. The normalized spacial score (nSPS) is 13.0. The van der Waals surface area contributed by atoms with E-state index in [1.165, 1.54) is 29.7 Å². The minimum Gasteiger partial charge on any atom is -0.388 e. The van der Waals surface area contributed by atoms with Crippen LogP contribution in [0.2, 0.25) is 0 Å². The molecule has 2 heterocycles. The van der Waals surface area contributed by atoms with E-state index in [4.69, 9.17) is 18.0 Å². The number of nitrogens with zero attached hydrogens (tertiary/aromatic N) is 2. The lowest BCUT2D eigenvalue weighted by Crippen LogP contribution is -2.29. The molecule has 0 spiro atoms. The van der Waals surface area contributed by atoms with Gasteiger partial charge in [0, 0.05) is 17.3 Å². The lowest BCUT2D eigenvalue weighted by atomic mass is 10.3. The number of thiazole rings is 1. The molecule has 0 aromatic carbocycles. The smallest absolute Gasteiger partial charge is 0.243 e. The van der Waals surface area contributed by atoms with Gasteiger partial charge in [0.15, 0.2) is 0 Å². The highest BCUT2D eigenvalue weighted by Gasteiger charge is 2.24. The van der Waals surface area contributed by atoms with Gasteiger partial charge in [-0.3, -0.25) is 4.98 Å². The van der Waals surface area contributed by atoms with E-state index in [0.717, 1.165) is 4.88 Å². The zero-order chi connectivity index (χ0) is 15.6. The molecule has 0 radical (unpaired) electrons. The Hall–Kier alpha value is -1.42. The van der Waals surface area contributed by atoms with Crippen molar-refractivity contribution in [2.75, 3.05) is 0 Å². The molecule has 0 saturated carbocycles. The molecule has 0 aliphatic heterocycles. The summed E-state index contributed by atoms with van der Waals surface area (Å²) in [4.78, 5) is 9.03. The number of aryl methyl sites for hydroxylation is 1. The van der Waals surface area contributed by atoms with E-state index in [2.05, 4.69) is 14.7 Å². The lowest BCUT2D eigenvalue weighted by Gasteiger charge is -2.13. The van der Waals surface area contributed by atoms with Crippen LogP contribution in [0.1, 0.15) is 28.5 Å². The number of pyridine rings is 1. The molecular weight excluding hydrogens is 328 g/mol. The Morgan fingerprint density at radius 2 is 2.19 bits per heavy atom. The van der Waals surface area contributed by atoms with Crippen molar-refractivity contribution >= 4 is 38.6 Å². The van der Waals surface area contributed by atoms with Crippen LogP contribution >= 0.6 is 23.6 Å². The topological polar surface area (TPSA) is 98.0 Å². The summed E-state index contributed by atoms with van der Waals surface area (Å²) in [6.07, 6.45) is 3.15. The van der Waals surface area contributed by atoms with Gasteiger partial charge in [0.1, 0.15) is 20.6 Å². The van der Waals surface area contributed by atoms with Crippen molar-refractivity contribution in [2.24, 2.45) is 5.73 Å². The van der Waals surface area contributed by atoms with Gasteiger partial charge in [-0.15, -0.1) is 11.3 Å². The van der Waals surface area contributed by atoms with Crippen LogP contribution in [0, 0.1) is 6.92 Å². The number of sulfonamides is 1. The molecule has 9 heteroatoms. The molecule has 0 fully saturated rings. The summed E-state index contributed by atoms with van der Waals surface area (Å²) in [5.41, 5.74) is 5.61. The maximum absolute atomic E-state index is 12.5. The standard InChI is InChI=1S/C12H14N4O2S3/c1-7-6-15-12(20-7)8(2)16-21(17,18)9-4-3-5-14-10(9)11(13)19/h3-6,8,16H,1-2H3,(H2,13,19). The third-order valence-corrected chi connectivity index (χ3v) is 5.50. The molecule has 112 valence electrons. The van der Waals surface area contributed by atoms with Gasteiger partial charge in [-0.2, -0.15) is 0 Å². The van der Waals surface area contributed by atoms with Gasteiger partial charge in [0.25, 0.3) is 0 Å². The van der Waals surface area contributed by atoms with Crippen molar-refractivity contribution in [1.29, 1.82) is 0 Å². The highest BCUT2D eigenvalue weighted by atomic mass is 32.2. The fourth-order valence-corrected chi connectivity index (χ4v) is 4.17. The number of hydrogen-bond acceptors (Lipinski definition) is 6. The van der Waals surface area contributed by atoms with E-state index in [9.17, 15) is 8.42 Å². The maximum Gasteiger partial charge on any atom is 0.243 e. The zero-order valence-corrected chi connectivity index (χ0v) is 13.8. The number of hydrogen-bond donors (Lipinski definition) is 2. The monoisotopic (exact) mass is 342 g/mol. The van der Waals surface area contributed by atoms with Crippen molar-refractivity contribution in [3.8, 4) is 0 Å². The quantitative estimate of drug-likeness (QED) is 0.800. The summed E-state index contributed by atoms with van der Waals surface area (Å²) in [6.45, 7) is 3.64. The molecule has 0 aliphatic carbocycles. The van der Waals surface area contributed by atoms with Crippen LogP contribution in [-0.4, -0.2) is 23.4 Å². The van der Waals surface area contributed by atoms with Crippen LogP contribution in [0.5, 0.6) is 0 Å². The van der Waals surface area contributed by atoms with Crippen LogP contribution in [0.25, 0.3) is 0 Å². The Morgan fingerprint density at radius 3 is 2.76 bits per heavy atom. The summed E-state index contributed by atoms with van der Waals surface area (Å²) in [7, 11) is -3.79. The van der Waals surface area contributed by atoms with Crippen molar-refractivity contribution in [3.63, 3.8) is 0 Å². The maximum atomic E-state index is 12.5. The van der Waals surface area contributed by atoms with Crippen LogP contribution in [0.15, 0.2) is 29.4 Å². The summed E-state index contributed by atoms with van der Waals surface area (Å²) in [5, 5.41) is 0.692. The van der Waals surface area contributed by atoms with E-state index in [1.807, 2.05) is 6.92 Å². The number of nitrogens with one attached hydrogen (secondary N) is 1. The Labute approximate surface area is 132 Å². The second-order valence-corrected chi connectivity index (χ2v) is 7.76. The molecule has 0 bridgehead atoms. The third-order valence-electron chi connectivity index (χ3n) is 2.64. The molecule has 3 N–H and O–H groups in total. The first-order valence-electron chi connectivity index (χ1n) is 6.00. The van der Waals surface area contributed by atoms with E-state index in [-0.39, 0.29) is 15.6 Å². The molecule has 1 atom stereocenters. The molecule has 2 aromatic rings. The minimum atomic E-state index is -3.79. The number of aromatic nitrogens is 2. The first kappa shape index (κ1) is 16.0. The van der Waals surface area contributed by atoms with Crippen LogP contribution < -0.4 is 10.5 Å². The van der Waals surface area contributed by atoms with Crippen molar-refractivity contribution in [3.05, 3.63) is 40.1 Å². The number of thiocarbonyl (C=S) groups is 1. The largest absolute Gasteiger partial charge is 0.388 e. The zero-order valence-electron chi connectivity index (χ0n) is 11.4. The van der Waals surface area contributed by atoms with Crippen molar-refractivity contribution in [2.45, 2.75) is 24.8 Å². The van der Waals surface area contributed by atoms with Gasteiger partial charge in [0.2, 0.25) is 10.0 Å². The van der Waals surface area contributed by atoms with Gasteiger partial charge in [-0.25, -0.2) is 18.1 Å². The summed E-state index contributed by atoms with van der Waals surface area (Å²) in [6, 6.07) is 2.49. The molecule has 1 unspecified atom stereocenters. The van der Waals surface area contributed by atoms with Crippen molar-refractivity contribution < 1.29 is 8.42 Å². The fourth-order valence-electron chi connectivity index (χ4n) is 1.71. The van der Waals surface area contributed by atoms with E-state index in [0.29, 0.717) is 5.01 Å². The fraction of sp³-hybridized carbons (Fsp3) is 0.250. The molecule has 6 nitrogen and oxygen atoms in total. The predicted molar refractivity (Wildman–Crippen MR) is 85.7 cm³/mol. The van der Waals surface area contributed by atoms with Gasteiger partial charge < -0.3 is 5.73 Å². The average Bonchev–Trinajstić information content (AvgIpc) is 2.85. The van der Waals surface area contributed by atoms with Gasteiger partial charge in [0.05, 0.1) is 6.04 Å². The highest BCUT2D eigenvalue weighted by Crippen LogP contribution is 2.22. The Bertz CT molecular complexity index is 770. The van der Waals surface area contributed by atoms with E-state index in [1.54, 1.807) is 13.1 Å². The second-order valence-electron chi connectivity index (χ2n) is 4.37. The molecule has 21 heavy (non-hydrogen) atoms. The predicted octanol–water partition coefficient (Wildman–Crippen LogP) is 1.52. The Balaban J connectivity index is 2.33. The SMILES string of the molecule is Cc1cnc(C(C)NS(=O)(=O)c2cccnc2C(N)=S)s1. The van der Waals surface area contributed by atoms with Crippen LogP contribution in [-0.2, 0) is 10.0 Å². The number of rotatable bonds is 5. The molecule has 0 saturated heterocycles. The minimum absolute atomic E-state index is 0.0300. The average molecular weight is 342 g/mol. The van der Waals surface area contributed by atoms with Crippen LogP contribution in [0.4, 0.5) is 0 Å². The summed E-state index contributed by atoms with van der Waals surface area (Å²) < 4.78 is 27.5. The van der Waals surface area contributed by atoms with E-state index < -0.39 is 16.1 Å². The molecule has 2 aromatic heterocycles. The second kappa shape index (κ2) is 6.14. The first-order valence-corrected chi connectivity index (χ1v) is 8.71.